The monoisotopic (exact) mass is 239 g/mol. The number of halogens is 1. The Balaban J connectivity index is 2.75. The predicted molar refractivity (Wildman–Crippen MR) is 65.7 cm³/mol. The standard InChI is InChI=1S/C12H14ClNO2/c1-9(15)14-8-4-5-10-11(13)6-3-7-12(10)16-2/h3-7H,8H2,1-2H3,(H,14,15). The van der Waals surface area contributed by atoms with Crippen LogP contribution in [0, 0.1) is 0 Å². The number of methoxy groups -OCH3 is 1. The van der Waals surface area contributed by atoms with Crippen LogP contribution in [0.4, 0.5) is 0 Å². The highest BCUT2D eigenvalue weighted by molar-refractivity contribution is 6.32. The normalized spacial score (nSPS) is 10.4. The molecule has 1 rings (SSSR count). The van der Waals surface area contributed by atoms with Crippen molar-refractivity contribution in [2.75, 3.05) is 13.7 Å². The number of carbonyl (C=O) groups is 1. The third-order valence-electron chi connectivity index (χ3n) is 1.99. The Morgan fingerprint density at radius 3 is 2.94 bits per heavy atom. The van der Waals surface area contributed by atoms with Crippen LogP contribution in [0.5, 0.6) is 5.75 Å². The molecule has 1 amide bonds. The van der Waals surface area contributed by atoms with Gasteiger partial charge >= 0.3 is 0 Å². The molecule has 4 heteroatoms. The average molecular weight is 240 g/mol. The number of ether oxygens (including phenoxy) is 1. The summed E-state index contributed by atoms with van der Waals surface area (Å²) in [6.45, 7) is 1.95. The van der Waals surface area contributed by atoms with E-state index in [1.54, 1.807) is 13.2 Å². The fourth-order valence-corrected chi connectivity index (χ4v) is 1.47. The zero-order valence-electron chi connectivity index (χ0n) is 9.29. The van der Waals surface area contributed by atoms with Gasteiger partial charge in [-0.1, -0.05) is 29.8 Å². The van der Waals surface area contributed by atoms with E-state index in [2.05, 4.69) is 5.32 Å². The molecule has 0 bridgehead atoms. The van der Waals surface area contributed by atoms with E-state index in [0.717, 1.165) is 5.56 Å². The Morgan fingerprint density at radius 2 is 2.31 bits per heavy atom. The first-order chi connectivity index (χ1) is 7.65. The number of hydrogen-bond acceptors (Lipinski definition) is 2. The van der Waals surface area contributed by atoms with Crippen LogP contribution in [-0.2, 0) is 4.79 Å². The second-order valence-electron chi connectivity index (χ2n) is 3.20. The minimum absolute atomic E-state index is 0.0595. The molecule has 1 aromatic carbocycles. The minimum atomic E-state index is -0.0595. The van der Waals surface area contributed by atoms with Gasteiger partial charge in [0.2, 0.25) is 5.91 Å². The smallest absolute Gasteiger partial charge is 0.217 e. The fourth-order valence-electron chi connectivity index (χ4n) is 1.24. The van der Waals surface area contributed by atoms with Crippen molar-refractivity contribution in [2.24, 2.45) is 0 Å². The highest BCUT2D eigenvalue weighted by Crippen LogP contribution is 2.27. The van der Waals surface area contributed by atoms with E-state index in [1.165, 1.54) is 6.92 Å². The van der Waals surface area contributed by atoms with Crippen molar-refractivity contribution in [2.45, 2.75) is 6.92 Å². The molecular formula is C12H14ClNO2. The number of amides is 1. The molecule has 0 unspecified atom stereocenters. The van der Waals surface area contributed by atoms with Gasteiger partial charge in [-0.3, -0.25) is 4.79 Å². The first kappa shape index (κ1) is 12.6. The number of nitrogens with one attached hydrogen (secondary N) is 1. The Labute approximate surface area is 100 Å². The lowest BCUT2D eigenvalue weighted by Gasteiger charge is -2.06. The van der Waals surface area contributed by atoms with Gasteiger partial charge in [-0.2, -0.15) is 0 Å². The summed E-state index contributed by atoms with van der Waals surface area (Å²) in [5, 5.41) is 3.29. The lowest BCUT2D eigenvalue weighted by molar-refractivity contribution is -0.118. The molecule has 0 heterocycles. The van der Waals surface area contributed by atoms with Crippen molar-refractivity contribution in [3.8, 4) is 5.75 Å². The van der Waals surface area contributed by atoms with Gasteiger partial charge in [0, 0.05) is 19.0 Å². The maximum atomic E-state index is 10.6. The quantitative estimate of drug-likeness (QED) is 0.877. The highest BCUT2D eigenvalue weighted by atomic mass is 35.5. The van der Waals surface area contributed by atoms with Crippen LogP contribution in [0.3, 0.4) is 0 Å². The summed E-state index contributed by atoms with van der Waals surface area (Å²) in [6.07, 6.45) is 3.66. The first-order valence-electron chi connectivity index (χ1n) is 4.88. The topological polar surface area (TPSA) is 38.3 Å². The predicted octanol–water partition coefficient (Wildman–Crippen LogP) is 2.50. The van der Waals surface area contributed by atoms with Crippen LogP contribution in [0.1, 0.15) is 12.5 Å². The van der Waals surface area contributed by atoms with Gasteiger partial charge in [0.15, 0.2) is 0 Å². The summed E-state index contributed by atoms with van der Waals surface area (Å²) >= 11 is 6.03. The zero-order chi connectivity index (χ0) is 12.0. The number of rotatable bonds is 4. The van der Waals surface area contributed by atoms with E-state index < -0.39 is 0 Å². The van der Waals surface area contributed by atoms with E-state index in [1.807, 2.05) is 24.3 Å². The summed E-state index contributed by atoms with van der Waals surface area (Å²) in [6, 6.07) is 5.46. The van der Waals surface area contributed by atoms with Crippen molar-refractivity contribution >= 4 is 23.6 Å². The van der Waals surface area contributed by atoms with Crippen LogP contribution >= 0.6 is 11.6 Å². The molecule has 0 radical (unpaired) electrons. The molecule has 1 N–H and O–H groups in total. The summed E-state index contributed by atoms with van der Waals surface area (Å²) in [5.41, 5.74) is 0.817. The van der Waals surface area contributed by atoms with Gasteiger partial charge in [-0.25, -0.2) is 0 Å². The lowest BCUT2D eigenvalue weighted by atomic mass is 10.2. The summed E-state index contributed by atoms with van der Waals surface area (Å²) in [5.74, 6) is 0.655. The van der Waals surface area contributed by atoms with Gasteiger partial charge in [-0.05, 0) is 12.1 Å². The average Bonchev–Trinajstić information content (AvgIpc) is 2.25. The van der Waals surface area contributed by atoms with Crippen molar-refractivity contribution in [3.63, 3.8) is 0 Å². The third-order valence-corrected chi connectivity index (χ3v) is 2.32. The van der Waals surface area contributed by atoms with Gasteiger partial charge < -0.3 is 10.1 Å². The lowest BCUT2D eigenvalue weighted by Crippen LogP contribution is -2.19. The SMILES string of the molecule is COc1cccc(Cl)c1C=CCNC(C)=O. The van der Waals surface area contributed by atoms with Gasteiger partial charge in [-0.15, -0.1) is 0 Å². The third kappa shape index (κ3) is 3.59. The van der Waals surface area contributed by atoms with Crippen LogP contribution in [-0.4, -0.2) is 19.6 Å². The summed E-state index contributed by atoms with van der Waals surface area (Å²) in [7, 11) is 1.59. The number of hydrogen-bond donors (Lipinski definition) is 1. The largest absolute Gasteiger partial charge is 0.496 e. The molecule has 16 heavy (non-hydrogen) atoms. The minimum Gasteiger partial charge on any atom is -0.496 e. The molecular weight excluding hydrogens is 226 g/mol. The number of carbonyl (C=O) groups excluding carboxylic acids is 1. The molecule has 0 atom stereocenters. The molecule has 0 saturated heterocycles. The van der Waals surface area contributed by atoms with E-state index in [0.29, 0.717) is 17.3 Å². The maximum absolute atomic E-state index is 10.6. The second kappa shape index (κ2) is 6.18. The van der Waals surface area contributed by atoms with Crippen LogP contribution in [0.25, 0.3) is 6.08 Å². The summed E-state index contributed by atoms with van der Waals surface area (Å²) in [4.78, 5) is 10.6. The molecule has 0 saturated carbocycles. The molecule has 0 aliphatic carbocycles. The van der Waals surface area contributed by atoms with Crippen LogP contribution < -0.4 is 10.1 Å². The van der Waals surface area contributed by atoms with Crippen molar-refractivity contribution < 1.29 is 9.53 Å². The van der Waals surface area contributed by atoms with E-state index >= 15 is 0 Å². The molecule has 0 aliphatic heterocycles. The Morgan fingerprint density at radius 1 is 1.56 bits per heavy atom. The van der Waals surface area contributed by atoms with Gasteiger partial charge in [0.1, 0.15) is 5.75 Å². The van der Waals surface area contributed by atoms with Crippen molar-refractivity contribution in [3.05, 3.63) is 34.9 Å². The molecule has 0 aliphatic rings. The van der Waals surface area contributed by atoms with Gasteiger partial charge in [0.25, 0.3) is 0 Å². The molecule has 86 valence electrons. The Bertz CT molecular complexity index is 402. The van der Waals surface area contributed by atoms with Crippen LogP contribution in [0.2, 0.25) is 5.02 Å². The van der Waals surface area contributed by atoms with Crippen molar-refractivity contribution in [1.82, 2.24) is 5.32 Å². The second-order valence-corrected chi connectivity index (χ2v) is 3.60. The molecule has 0 aromatic heterocycles. The van der Waals surface area contributed by atoms with E-state index in [-0.39, 0.29) is 5.91 Å². The van der Waals surface area contributed by atoms with E-state index in [9.17, 15) is 4.79 Å². The Hall–Kier alpha value is -1.48. The molecule has 3 nitrogen and oxygen atoms in total. The first-order valence-corrected chi connectivity index (χ1v) is 5.26. The zero-order valence-corrected chi connectivity index (χ0v) is 10.0. The number of benzene rings is 1. The summed E-state index contributed by atoms with van der Waals surface area (Å²) < 4.78 is 5.18. The molecule has 0 fully saturated rings. The maximum Gasteiger partial charge on any atom is 0.217 e. The highest BCUT2D eigenvalue weighted by Gasteiger charge is 2.02. The molecule has 0 spiro atoms. The van der Waals surface area contributed by atoms with Crippen LogP contribution in [0.15, 0.2) is 24.3 Å². The molecule has 1 aromatic rings. The van der Waals surface area contributed by atoms with Gasteiger partial charge in [0.05, 0.1) is 12.1 Å². The Kier molecular flexibility index (Phi) is 4.86. The van der Waals surface area contributed by atoms with E-state index in [4.69, 9.17) is 16.3 Å². The fraction of sp³-hybridized carbons (Fsp3) is 0.250. The van der Waals surface area contributed by atoms with Crippen molar-refractivity contribution in [1.29, 1.82) is 0 Å².